The van der Waals surface area contributed by atoms with Crippen molar-refractivity contribution in [2.45, 2.75) is 63.8 Å². The number of aryl methyl sites for hydroxylation is 2. The molecule has 3 N–H and O–H groups in total. The van der Waals surface area contributed by atoms with Crippen molar-refractivity contribution in [1.29, 1.82) is 0 Å². The molecule has 3 aliphatic rings. The second-order valence-electron chi connectivity index (χ2n) is 16.9. The maximum absolute atomic E-state index is 13.5. The minimum atomic E-state index is -2.77. The lowest BCUT2D eigenvalue weighted by Gasteiger charge is -2.43. The molecule has 2 amide bonds. The molecule has 62 heavy (non-hydrogen) atoms. The van der Waals surface area contributed by atoms with Crippen LogP contribution in [-0.2, 0) is 27.0 Å². The Morgan fingerprint density at radius 1 is 0.919 bits per heavy atom. The maximum Gasteiger partial charge on any atom is 0.234 e. The molecule has 2 aromatic heterocycles. The number of halogens is 1. The molecule has 0 radical (unpaired) electrons. The van der Waals surface area contributed by atoms with Crippen LogP contribution in [0.5, 0.6) is 5.75 Å². The van der Waals surface area contributed by atoms with Crippen molar-refractivity contribution in [3.05, 3.63) is 88.3 Å². The Morgan fingerprint density at radius 2 is 1.71 bits per heavy atom. The highest BCUT2D eigenvalue weighted by Crippen LogP contribution is 2.42. The highest BCUT2D eigenvalue weighted by molar-refractivity contribution is 9.10. The van der Waals surface area contributed by atoms with Gasteiger partial charge in [-0.2, -0.15) is 4.98 Å². The fraction of sp³-hybridized carbons (Fsp3) is 0.435. The average molecular weight is 924 g/mol. The van der Waals surface area contributed by atoms with Crippen LogP contribution in [0.3, 0.4) is 0 Å². The predicted octanol–water partition coefficient (Wildman–Crippen LogP) is 7.23. The first-order chi connectivity index (χ1) is 30.0. The van der Waals surface area contributed by atoms with Gasteiger partial charge in [0.25, 0.3) is 0 Å². The first-order valence-corrected chi connectivity index (χ1v) is 25.1. The van der Waals surface area contributed by atoms with Gasteiger partial charge in [0, 0.05) is 82.1 Å². The normalized spacial score (nSPS) is 18.2. The van der Waals surface area contributed by atoms with Crippen molar-refractivity contribution in [2.24, 2.45) is 0 Å². The van der Waals surface area contributed by atoms with Crippen LogP contribution in [-0.4, -0.2) is 114 Å². The second kappa shape index (κ2) is 19.2. The van der Waals surface area contributed by atoms with Gasteiger partial charge in [0.1, 0.15) is 24.2 Å². The van der Waals surface area contributed by atoms with E-state index >= 15 is 0 Å². The third-order valence-electron chi connectivity index (χ3n) is 12.4. The molecule has 5 aromatic rings. The van der Waals surface area contributed by atoms with Crippen LogP contribution >= 0.6 is 23.1 Å². The summed E-state index contributed by atoms with van der Waals surface area (Å²) in [5.41, 5.74) is 7.41. The van der Waals surface area contributed by atoms with E-state index in [2.05, 4.69) is 92.7 Å². The molecule has 1 unspecified atom stereocenters. The van der Waals surface area contributed by atoms with Gasteiger partial charge >= 0.3 is 0 Å². The Kier molecular flexibility index (Phi) is 13.5. The lowest BCUT2D eigenvalue weighted by molar-refractivity contribution is -0.134. The van der Waals surface area contributed by atoms with E-state index < -0.39 is 7.14 Å². The van der Waals surface area contributed by atoms with Crippen LogP contribution in [0.25, 0.3) is 11.0 Å². The largest absolute Gasteiger partial charge is 0.494 e. The third-order valence-corrected chi connectivity index (χ3v) is 14.5. The number of hydrogen-bond donors (Lipinski definition) is 3. The van der Waals surface area contributed by atoms with Gasteiger partial charge in [-0.1, -0.05) is 31.2 Å². The van der Waals surface area contributed by atoms with E-state index in [1.54, 1.807) is 39.0 Å². The van der Waals surface area contributed by atoms with Crippen molar-refractivity contribution in [3.63, 3.8) is 0 Å². The second-order valence-corrected chi connectivity index (χ2v) is 20.9. The molecule has 0 saturated carbocycles. The molecule has 0 bridgehead atoms. The average Bonchev–Trinajstić information content (AvgIpc) is 3.27. The quantitative estimate of drug-likeness (QED) is 0.0758. The number of piperazine rings is 1. The van der Waals surface area contributed by atoms with Crippen LogP contribution < -0.4 is 30.9 Å². The van der Waals surface area contributed by atoms with Crippen molar-refractivity contribution >= 4 is 80.1 Å². The summed E-state index contributed by atoms with van der Waals surface area (Å²) in [5.74, 6) is 1.04. The number of fused-ring (bicyclic) bond motifs is 1. The van der Waals surface area contributed by atoms with E-state index in [9.17, 15) is 14.2 Å². The van der Waals surface area contributed by atoms with Crippen molar-refractivity contribution in [2.75, 3.05) is 81.8 Å². The standard InChI is InChI=1S/C46H56BrN10O4P/c1-5-31-27-38(52-46-50-29-35(47)44(54-46)51-37-13-12-36-42(49-18-17-48-36)43(37)62(3,4)60)40(61-2)28-39(31)57-20-15-33(16-21-57)56-24-22-55(23-25-56)19-7-9-30-8-6-10-32(26-30)34-11-14-41(58)53-45(34)59/h6,8,10,12-13,17-18,26-29,33-34H,5,7,9,11,14-16,19-25H2,1-4H3,(H,53,58,59)(H2,50,51,52,54). The van der Waals surface area contributed by atoms with Gasteiger partial charge in [-0.15, -0.1) is 0 Å². The SMILES string of the molecule is CCc1cc(Nc2ncc(Br)c(Nc3ccc4nccnc4c3P(C)(C)=O)n2)c(OC)cc1N1CCC(N2CCN(CCCc3cccc(C4CCC(=O)NC4=O)c3)CC2)CC1. The smallest absolute Gasteiger partial charge is 0.234 e. The molecular weight excluding hydrogens is 867 g/mol. The Balaban J connectivity index is 0.852. The number of benzene rings is 3. The van der Waals surface area contributed by atoms with Crippen molar-refractivity contribution in [1.82, 2.24) is 35.1 Å². The van der Waals surface area contributed by atoms with Crippen LogP contribution in [0.15, 0.2) is 71.6 Å². The van der Waals surface area contributed by atoms with E-state index in [-0.39, 0.29) is 17.7 Å². The Labute approximate surface area is 372 Å². The molecule has 326 valence electrons. The lowest BCUT2D eigenvalue weighted by atomic mass is 9.89. The van der Waals surface area contributed by atoms with Gasteiger partial charge in [0.2, 0.25) is 17.8 Å². The van der Waals surface area contributed by atoms with Gasteiger partial charge in [-0.05, 0) is 109 Å². The number of rotatable bonds is 14. The van der Waals surface area contributed by atoms with Crippen molar-refractivity contribution < 1.29 is 18.9 Å². The number of anilines is 5. The highest BCUT2D eigenvalue weighted by Gasteiger charge is 2.30. The summed E-state index contributed by atoms with van der Waals surface area (Å²) in [6.07, 6.45) is 11.1. The Bertz CT molecular complexity index is 2480. The first kappa shape index (κ1) is 43.7. The number of nitrogens with one attached hydrogen (secondary N) is 3. The topological polar surface area (TPSA) is 158 Å². The minimum Gasteiger partial charge on any atom is -0.494 e. The van der Waals surface area contributed by atoms with Gasteiger partial charge in [0.15, 0.2) is 0 Å². The number of carbonyl (C=O) groups excluding carboxylic acids is 2. The molecule has 1 atom stereocenters. The molecule has 14 nitrogen and oxygen atoms in total. The van der Waals surface area contributed by atoms with Gasteiger partial charge in [0.05, 0.1) is 39.7 Å². The summed E-state index contributed by atoms with van der Waals surface area (Å²) in [7, 11) is -1.07. The number of ether oxygens (including phenoxy) is 1. The van der Waals surface area contributed by atoms with Crippen molar-refractivity contribution in [3.8, 4) is 5.75 Å². The molecule has 3 aliphatic heterocycles. The number of aromatic nitrogens is 4. The molecule has 8 rings (SSSR count). The first-order valence-electron chi connectivity index (χ1n) is 21.7. The summed E-state index contributed by atoms with van der Waals surface area (Å²) in [6, 6.07) is 17.0. The van der Waals surface area contributed by atoms with Crippen LogP contribution in [0.1, 0.15) is 61.6 Å². The van der Waals surface area contributed by atoms with Crippen LogP contribution in [0.4, 0.5) is 28.8 Å². The summed E-state index contributed by atoms with van der Waals surface area (Å²) in [5, 5.41) is 9.91. The molecule has 0 spiro atoms. The van der Waals surface area contributed by atoms with E-state index in [0.29, 0.717) is 62.9 Å². The number of carbonyl (C=O) groups is 2. The van der Waals surface area contributed by atoms with Gasteiger partial charge < -0.3 is 29.7 Å². The number of amides is 2. The fourth-order valence-electron chi connectivity index (χ4n) is 9.20. The Morgan fingerprint density at radius 3 is 2.45 bits per heavy atom. The summed E-state index contributed by atoms with van der Waals surface area (Å²) >= 11 is 3.60. The highest BCUT2D eigenvalue weighted by atomic mass is 79.9. The third kappa shape index (κ3) is 9.96. The number of piperidine rings is 2. The number of imide groups is 1. The maximum atomic E-state index is 13.5. The number of hydrogen-bond acceptors (Lipinski definition) is 13. The van der Waals surface area contributed by atoms with E-state index in [0.717, 1.165) is 89.2 Å². The Hall–Kier alpha value is -4.95. The zero-order valence-electron chi connectivity index (χ0n) is 36.0. The molecule has 16 heteroatoms. The minimum absolute atomic E-state index is 0.173. The molecule has 5 heterocycles. The van der Waals surface area contributed by atoms with E-state index in [4.69, 9.17) is 9.72 Å². The van der Waals surface area contributed by atoms with Crippen LogP contribution in [0, 0.1) is 0 Å². The lowest BCUT2D eigenvalue weighted by Crippen LogP contribution is -2.53. The summed E-state index contributed by atoms with van der Waals surface area (Å²) in [6.45, 7) is 13.0. The van der Waals surface area contributed by atoms with Gasteiger partial charge in [-0.25, -0.2) is 4.98 Å². The zero-order chi connectivity index (χ0) is 43.4. The van der Waals surface area contributed by atoms with E-state index in [1.807, 2.05) is 24.3 Å². The summed E-state index contributed by atoms with van der Waals surface area (Å²) < 4.78 is 20.1. The zero-order valence-corrected chi connectivity index (χ0v) is 38.5. The predicted molar refractivity (Wildman–Crippen MR) is 250 cm³/mol. The molecule has 3 aromatic carbocycles. The van der Waals surface area contributed by atoms with Gasteiger partial charge in [-0.3, -0.25) is 29.8 Å². The molecule has 3 fully saturated rings. The summed E-state index contributed by atoms with van der Waals surface area (Å²) in [4.78, 5) is 50.1. The number of nitrogens with zero attached hydrogens (tertiary/aromatic N) is 7. The molecule has 0 aliphatic carbocycles. The molecule has 3 saturated heterocycles. The fourth-order valence-corrected chi connectivity index (χ4v) is 10.9. The molecular formula is C46H56BrN10O4P. The number of methoxy groups -OCH3 is 1. The monoisotopic (exact) mass is 922 g/mol. The van der Waals surface area contributed by atoms with E-state index in [1.165, 1.54) is 16.8 Å². The van der Waals surface area contributed by atoms with Crippen LogP contribution in [0.2, 0.25) is 0 Å².